The van der Waals surface area contributed by atoms with E-state index in [2.05, 4.69) is 22.9 Å². The maximum Gasteiger partial charge on any atom is 0.164 e. The highest BCUT2D eigenvalue weighted by atomic mass is 16.5. The van der Waals surface area contributed by atoms with Crippen LogP contribution in [0.2, 0.25) is 0 Å². The summed E-state index contributed by atoms with van der Waals surface area (Å²) in [6.07, 6.45) is 4.27. The average Bonchev–Trinajstić information content (AvgIpc) is 2.93. The number of rotatable bonds is 4. The molecule has 3 aliphatic rings. The molecule has 27 heavy (non-hydrogen) atoms. The molecule has 2 saturated heterocycles. The van der Waals surface area contributed by atoms with Gasteiger partial charge in [0.05, 0.1) is 26.9 Å². The molecule has 0 spiro atoms. The van der Waals surface area contributed by atoms with Crippen LogP contribution in [0.15, 0.2) is 12.1 Å². The lowest BCUT2D eigenvalue weighted by molar-refractivity contribution is -0.0685. The van der Waals surface area contributed by atoms with Crippen LogP contribution in [0.5, 0.6) is 17.2 Å². The molecule has 2 fully saturated rings. The Hall–Kier alpha value is -1.50. The van der Waals surface area contributed by atoms with Crippen LogP contribution in [0.4, 0.5) is 0 Å². The summed E-state index contributed by atoms with van der Waals surface area (Å²) in [6, 6.07) is 4.46. The first-order valence-corrected chi connectivity index (χ1v) is 10.2. The number of ether oxygens (including phenoxy) is 3. The van der Waals surface area contributed by atoms with E-state index in [1.165, 1.54) is 6.42 Å². The smallest absolute Gasteiger partial charge is 0.164 e. The molecule has 0 radical (unpaired) electrons. The minimum atomic E-state index is 0.0678. The minimum absolute atomic E-state index is 0.0678. The molecule has 1 aromatic carbocycles. The molecule has 4 rings (SSSR count). The normalized spacial score (nSPS) is 29.1. The maximum absolute atomic E-state index is 10.1. The van der Waals surface area contributed by atoms with Crippen molar-refractivity contribution >= 4 is 0 Å². The van der Waals surface area contributed by atoms with E-state index >= 15 is 0 Å². The molecule has 0 bridgehead atoms. The summed E-state index contributed by atoms with van der Waals surface area (Å²) < 4.78 is 17.3. The SMILES string of the molecule is COc1cc2c(cc1CN1CC[C@@]3(CO)CCCN(C)[C@@H]3C1)OCCCO2. The van der Waals surface area contributed by atoms with Gasteiger partial charge in [0.15, 0.2) is 11.5 Å². The van der Waals surface area contributed by atoms with Crippen LogP contribution in [0, 0.1) is 5.41 Å². The predicted octanol–water partition coefficient (Wildman–Crippen LogP) is 2.14. The number of piperidine rings is 2. The molecule has 150 valence electrons. The highest BCUT2D eigenvalue weighted by molar-refractivity contribution is 5.51. The van der Waals surface area contributed by atoms with Crippen LogP contribution >= 0.6 is 0 Å². The zero-order valence-electron chi connectivity index (χ0n) is 16.6. The zero-order chi connectivity index (χ0) is 18.9. The largest absolute Gasteiger partial charge is 0.496 e. The Morgan fingerprint density at radius 2 is 1.93 bits per heavy atom. The van der Waals surface area contributed by atoms with Gasteiger partial charge in [-0.1, -0.05) is 0 Å². The monoisotopic (exact) mass is 376 g/mol. The third-order valence-electron chi connectivity index (χ3n) is 6.64. The van der Waals surface area contributed by atoms with Crippen molar-refractivity contribution in [2.45, 2.75) is 38.3 Å². The molecule has 1 aromatic rings. The standard InChI is InChI=1S/C21H32N2O4/c1-22-7-3-5-21(15-24)6-8-23(14-20(21)22)13-16-11-18-19(12-17(16)25-2)27-10-4-9-26-18/h11-12,20,24H,3-10,13-15H2,1-2H3/t20-,21-/m1/s1. The molecule has 0 saturated carbocycles. The molecular weight excluding hydrogens is 344 g/mol. The Kier molecular flexibility index (Phi) is 5.48. The molecule has 2 atom stereocenters. The number of nitrogens with zero attached hydrogens (tertiary/aromatic N) is 2. The van der Waals surface area contributed by atoms with Crippen LogP contribution in [0.3, 0.4) is 0 Å². The number of aliphatic hydroxyl groups excluding tert-OH is 1. The highest BCUT2D eigenvalue weighted by Crippen LogP contribution is 2.43. The van der Waals surface area contributed by atoms with Gasteiger partial charge in [0.2, 0.25) is 0 Å². The van der Waals surface area contributed by atoms with Gasteiger partial charge >= 0.3 is 0 Å². The second-order valence-corrected chi connectivity index (χ2v) is 8.27. The molecule has 3 aliphatic heterocycles. The lowest BCUT2D eigenvalue weighted by Crippen LogP contribution is -2.61. The number of benzene rings is 1. The summed E-state index contributed by atoms with van der Waals surface area (Å²) in [5.74, 6) is 2.45. The Morgan fingerprint density at radius 1 is 1.15 bits per heavy atom. The van der Waals surface area contributed by atoms with Crippen molar-refractivity contribution < 1.29 is 19.3 Å². The van der Waals surface area contributed by atoms with Crippen molar-refractivity contribution in [3.05, 3.63) is 17.7 Å². The van der Waals surface area contributed by atoms with Gasteiger partial charge in [-0.15, -0.1) is 0 Å². The number of fused-ring (bicyclic) bond motifs is 2. The van der Waals surface area contributed by atoms with Gasteiger partial charge in [0, 0.05) is 42.6 Å². The van der Waals surface area contributed by atoms with Crippen LogP contribution < -0.4 is 14.2 Å². The van der Waals surface area contributed by atoms with Gasteiger partial charge in [-0.3, -0.25) is 4.90 Å². The van der Waals surface area contributed by atoms with Crippen LogP contribution in [0.25, 0.3) is 0 Å². The fourth-order valence-corrected chi connectivity index (χ4v) is 5.01. The van der Waals surface area contributed by atoms with Crippen LogP contribution in [0.1, 0.15) is 31.2 Å². The van der Waals surface area contributed by atoms with E-state index < -0.39 is 0 Å². The van der Waals surface area contributed by atoms with Crippen molar-refractivity contribution in [3.63, 3.8) is 0 Å². The second kappa shape index (κ2) is 7.86. The predicted molar refractivity (Wildman–Crippen MR) is 104 cm³/mol. The lowest BCUT2D eigenvalue weighted by Gasteiger charge is -2.53. The minimum Gasteiger partial charge on any atom is -0.496 e. The third-order valence-corrected chi connectivity index (χ3v) is 6.64. The highest BCUT2D eigenvalue weighted by Gasteiger charge is 2.46. The molecule has 0 aromatic heterocycles. The average molecular weight is 376 g/mol. The number of hydrogen-bond acceptors (Lipinski definition) is 6. The molecule has 1 N–H and O–H groups in total. The first-order chi connectivity index (χ1) is 13.1. The van der Waals surface area contributed by atoms with Crippen molar-refractivity contribution in [3.8, 4) is 17.2 Å². The summed E-state index contributed by atoms with van der Waals surface area (Å²) >= 11 is 0. The van der Waals surface area contributed by atoms with Crippen molar-refractivity contribution in [2.24, 2.45) is 5.41 Å². The quantitative estimate of drug-likeness (QED) is 0.869. The van der Waals surface area contributed by atoms with Gasteiger partial charge < -0.3 is 24.2 Å². The molecule has 6 nitrogen and oxygen atoms in total. The van der Waals surface area contributed by atoms with Crippen molar-refractivity contribution in [2.75, 3.05) is 53.6 Å². The molecule has 0 unspecified atom stereocenters. The van der Waals surface area contributed by atoms with Crippen molar-refractivity contribution in [1.29, 1.82) is 0 Å². The summed E-state index contributed by atoms with van der Waals surface area (Å²) in [6.45, 7) is 5.59. The number of likely N-dealkylation sites (N-methyl/N-ethyl adjacent to an activating group) is 1. The fraction of sp³-hybridized carbons (Fsp3) is 0.714. The Bertz CT molecular complexity index is 668. The van der Waals surface area contributed by atoms with E-state index in [0.717, 1.165) is 68.3 Å². The van der Waals surface area contributed by atoms with Gasteiger partial charge in [0.1, 0.15) is 5.75 Å². The summed E-state index contributed by atoms with van der Waals surface area (Å²) in [7, 11) is 3.91. The van der Waals surface area contributed by atoms with Crippen molar-refractivity contribution in [1.82, 2.24) is 9.80 Å². The zero-order valence-corrected chi connectivity index (χ0v) is 16.6. The number of methoxy groups -OCH3 is 1. The Balaban J connectivity index is 1.53. The molecule has 0 amide bonds. The van der Waals surface area contributed by atoms with Crippen LogP contribution in [-0.2, 0) is 6.54 Å². The number of aliphatic hydroxyl groups is 1. The molecular formula is C21H32N2O4. The third kappa shape index (κ3) is 3.62. The molecule has 0 aliphatic carbocycles. The van der Waals surface area contributed by atoms with E-state index in [1.54, 1.807) is 7.11 Å². The molecule has 6 heteroatoms. The summed E-state index contributed by atoms with van der Waals surface area (Å²) in [5, 5.41) is 10.1. The first kappa shape index (κ1) is 18.8. The topological polar surface area (TPSA) is 54.4 Å². The van der Waals surface area contributed by atoms with E-state index in [4.69, 9.17) is 14.2 Å². The number of hydrogen-bond donors (Lipinski definition) is 1. The molecule has 3 heterocycles. The summed E-state index contributed by atoms with van der Waals surface area (Å²) in [5.41, 5.74) is 1.20. The van der Waals surface area contributed by atoms with E-state index in [1.807, 2.05) is 6.07 Å². The number of likely N-dealkylation sites (tertiary alicyclic amines) is 2. The Labute approximate surface area is 162 Å². The maximum atomic E-state index is 10.1. The first-order valence-electron chi connectivity index (χ1n) is 10.2. The Morgan fingerprint density at radius 3 is 2.67 bits per heavy atom. The van der Waals surface area contributed by atoms with Gasteiger partial charge in [-0.25, -0.2) is 0 Å². The van der Waals surface area contributed by atoms with Crippen LogP contribution in [-0.4, -0.2) is 74.6 Å². The second-order valence-electron chi connectivity index (χ2n) is 8.27. The van der Waals surface area contributed by atoms with E-state index in [0.29, 0.717) is 25.9 Å². The van der Waals surface area contributed by atoms with Gasteiger partial charge in [-0.2, -0.15) is 0 Å². The summed E-state index contributed by atoms with van der Waals surface area (Å²) in [4.78, 5) is 4.93. The van der Waals surface area contributed by atoms with E-state index in [9.17, 15) is 5.11 Å². The lowest BCUT2D eigenvalue weighted by atomic mass is 9.69. The van der Waals surface area contributed by atoms with E-state index in [-0.39, 0.29) is 5.41 Å². The van der Waals surface area contributed by atoms with Gasteiger partial charge in [-0.05, 0) is 45.5 Å². The van der Waals surface area contributed by atoms with Gasteiger partial charge in [0.25, 0.3) is 0 Å². The fourth-order valence-electron chi connectivity index (χ4n) is 5.01.